The maximum absolute atomic E-state index is 17.2. The predicted octanol–water partition coefficient (Wildman–Crippen LogP) is 5.79. The van der Waals surface area contributed by atoms with Crippen LogP contribution in [0.25, 0.3) is 44.0 Å². The number of nitrogens with zero attached hydrogens (tertiary/aromatic N) is 9. The van der Waals surface area contributed by atoms with Gasteiger partial charge in [-0.05, 0) is 87.9 Å². The molecule has 3 amide bonds. The first kappa shape index (κ1) is 46.6. The maximum Gasteiger partial charge on any atom is 0.409 e. The van der Waals surface area contributed by atoms with Crippen LogP contribution in [-0.4, -0.2) is 134 Å². The summed E-state index contributed by atoms with van der Waals surface area (Å²) in [6.45, 7) is 5.51. The van der Waals surface area contributed by atoms with Gasteiger partial charge in [-0.25, -0.2) is 18.4 Å². The summed E-state index contributed by atoms with van der Waals surface area (Å²) < 4.78 is 48.1. The number of imidazole rings is 1. The number of likely N-dealkylation sites (tertiary alicyclic amines) is 1. The number of piperazine rings is 1. The summed E-state index contributed by atoms with van der Waals surface area (Å²) in [6, 6.07) is 13.9. The number of fused-ring (bicyclic) bond motifs is 6. The van der Waals surface area contributed by atoms with Gasteiger partial charge in [-0.2, -0.15) is 9.97 Å². The Bertz CT molecular complexity index is 3420. The maximum atomic E-state index is 17.2. The average Bonchev–Trinajstić information content (AvgIpc) is 4.14. The van der Waals surface area contributed by atoms with Crippen LogP contribution < -0.4 is 30.9 Å². The smallest absolute Gasteiger partial charge is 0.409 e. The van der Waals surface area contributed by atoms with Crippen molar-refractivity contribution in [3.63, 3.8) is 0 Å². The molecule has 1 spiro atoms. The van der Waals surface area contributed by atoms with Crippen LogP contribution in [0.4, 0.5) is 25.1 Å². The molecule has 0 radical (unpaired) electrons. The molecule has 2 N–H and O–H groups in total. The van der Waals surface area contributed by atoms with E-state index in [1.165, 1.54) is 10.6 Å². The SMILES string of the molecule is C#Cc1c(F)ccc2cccc(-c3ncc4c(N5CC6CCC(C5)N6)nc(OC[C@@]56CCCN5[C@H](COC(=O)N5CC7(CCN(c8cccc9c8n(C)c(=O)n9C8CCC(=O)NC8=O)CC7)C5)CC6)nc4c3F)c12. The molecule has 382 valence electrons. The minimum atomic E-state index is -0.751. The molecule has 3 aromatic heterocycles. The summed E-state index contributed by atoms with van der Waals surface area (Å²) in [7, 11) is 1.72. The highest BCUT2D eigenvalue weighted by molar-refractivity contribution is 6.03. The van der Waals surface area contributed by atoms with Crippen LogP contribution in [0.3, 0.4) is 0 Å². The molecule has 2 bridgehead atoms. The average molecular weight is 1010 g/mol. The summed E-state index contributed by atoms with van der Waals surface area (Å²) in [4.78, 5) is 74.9. The predicted molar refractivity (Wildman–Crippen MR) is 273 cm³/mol. The van der Waals surface area contributed by atoms with Gasteiger partial charge in [-0.15, -0.1) is 6.42 Å². The van der Waals surface area contributed by atoms with E-state index in [0.717, 1.165) is 82.2 Å². The van der Waals surface area contributed by atoms with Crippen molar-refractivity contribution in [1.29, 1.82) is 0 Å². The molecular weight excluding hydrogens is 949 g/mol. The van der Waals surface area contributed by atoms with Gasteiger partial charge in [0.05, 0.1) is 33.2 Å². The molecule has 13 rings (SSSR count). The lowest BCUT2D eigenvalue weighted by molar-refractivity contribution is -0.135. The highest BCUT2D eigenvalue weighted by atomic mass is 19.1. The Morgan fingerprint density at radius 1 is 0.919 bits per heavy atom. The van der Waals surface area contributed by atoms with Crippen LogP contribution in [0, 0.1) is 29.4 Å². The van der Waals surface area contributed by atoms with Gasteiger partial charge in [0.25, 0.3) is 0 Å². The number of para-hydroxylation sites is 1. The highest BCUT2D eigenvalue weighted by Gasteiger charge is 2.52. The number of carbonyl (C=O) groups excluding carboxylic acids is 3. The van der Waals surface area contributed by atoms with Crippen molar-refractivity contribution in [2.75, 3.05) is 68.8 Å². The normalized spacial score (nSPS) is 25.5. The first-order valence-corrected chi connectivity index (χ1v) is 26.1. The van der Waals surface area contributed by atoms with Gasteiger partial charge in [0.1, 0.15) is 42.1 Å². The number of halogens is 2. The van der Waals surface area contributed by atoms with Crippen LogP contribution in [0.5, 0.6) is 6.01 Å². The van der Waals surface area contributed by atoms with E-state index < -0.39 is 23.6 Å². The van der Waals surface area contributed by atoms with Crippen molar-refractivity contribution in [2.24, 2.45) is 12.5 Å². The Balaban J connectivity index is 0.675. The van der Waals surface area contributed by atoms with E-state index in [0.29, 0.717) is 59.2 Å². The molecule has 17 nitrogen and oxygen atoms in total. The summed E-state index contributed by atoms with van der Waals surface area (Å²) in [5.74, 6) is 1.01. The number of benzene rings is 3. The molecule has 10 heterocycles. The minimum absolute atomic E-state index is 0.00944. The van der Waals surface area contributed by atoms with E-state index in [4.69, 9.17) is 25.9 Å². The number of ether oxygens (including phenoxy) is 2. The van der Waals surface area contributed by atoms with E-state index >= 15 is 8.78 Å². The van der Waals surface area contributed by atoms with Gasteiger partial charge in [-0.3, -0.25) is 33.9 Å². The third-order valence-corrected chi connectivity index (χ3v) is 17.5. The molecule has 6 aromatic rings. The second-order valence-corrected chi connectivity index (χ2v) is 21.8. The molecular formula is C55H57F2N11O6. The molecule has 74 heavy (non-hydrogen) atoms. The standard InChI is InChI=1S/C55H57F2N11O6/c1-3-36-39(56)14-11-32-7-4-8-37(44(32)36)46-45(57)47-38(25-58-46)49(65-26-33-12-13-34(27-65)59-33)62-51(61-47)74-31-55-18-6-22-67(55)35(17-19-55)28-73-53(72)66-29-54(30-66)20-23-64(24-21-54)40-9-5-10-41-48(40)63(2)52(71)68(41)42-15-16-43(69)60-50(42)70/h1,4-5,7-11,14,25,33-35,42,59H,6,12-13,15-24,26-31H2,2H3,(H,60,69,70)/t33?,34?,35-,42?,55-/m0/s1. The quantitative estimate of drug-likeness (QED) is 0.132. The Kier molecular flexibility index (Phi) is 11.2. The van der Waals surface area contributed by atoms with E-state index in [9.17, 15) is 19.2 Å². The second-order valence-electron chi connectivity index (χ2n) is 21.8. The fourth-order valence-electron chi connectivity index (χ4n) is 13.8. The van der Waals surface area contributed by atoms with Gasteiger partial charge >= 0.3 is 17.8 Å². The molecule has 3 unspecified atom stereocenters. The number of carbonyl (C=O) groups is 3. The van der Waals surface area contributed by atoms with Crippen molar-refractivity contribution in [3.05, 3.63) is 82.4 Å². The zero-order chi connectivity index (χ0) is 50.6. The zero-order valence-electron chi connectivity index (χ0n) is 41.2. The molecule has 19 heteroatoms. The summed E-state index contributed by atoms with van der Waals surface area (Å²) in [5.41, 5.74) is 2.19. The van der Waals surface area contributed by atoms with Gasteiger partial charge in [0.2, 0.25) is 11.8 Å². The summed E-state index contributed by atoms with van der Waals surface area (Å²) in [6.07, 6.45) is 14.9. The number of imide groups is 1. The van der Waals surface area contributed by atoms with Crippen LogP contribution in [0.2, 0.25) is 0 Å². The molecule has 7 aliphatic heterocycles. The third kappa shape index (κ3) is 7.57. The number of piperidine rings is 2. The number of aryl methyl sites for hydroxylation is 1. The fourth-order valence-corrected chi connectivity index (χ4v) is 13.8. The first-order chi connectivity index (χ1) is 35.9. The number of pyridine rings is 1. The number of nitrogens with one attached hydrogen (secondary N) is 2. The third-order valence-electron chi connectivity index (χ3n) is 17.5. The lowest BCUT2D eigenvalue weighted by Gasteiger charge is -2.53. The topological polar surface area (TPSA) is 172 Å². The van der Waals surface area contributed by atoms with Crippen LogP contribution >= 0.6 is 0 Å². The number of terminal acetylenes is 1. The monoisotopic (exact) mass is 1010 g/mol. The molecule has 0 saturated carbocycles. The van der Waals surface area contributed by atoms with Gasteiger partial charge in [0.15, 0.2) is 5.82 Å². The molecule has 7 aliphatic rings. The van der Waals surface area contributed by atoms with Crippen molar-refractivity contribution in [1.82, 2.24) is 44.5 Å². The van der Waals surface area contributed by atoms with Crippen LogP contribution in [0.1, 0.15) is 75.8 Å². The second kappa shape index (κ2) is 17.8. The van der Waals surface area contributed by atoms with E-state index in [1.54, 1.807) is 40.9 Å². The van der Waals surface area contributed by atoms with Crippen LogP contribution in [-0.2, 0) is 21.4 Å². The van der Waals surface area contributed by atoms with Crippen molar-refractivity contribution in [2.45, 2.75) is 93.9 Å². The Hall–Kier alpha value is -7.17. The summed E-state index contributed by atoms with van der Waals surface area (Å²) in [5, 5.41) is 7.59. The van der Waals surface area contributed by atoms with Crippen LogP contribution in [0.15, 0.2) is 59.5 Å². The molecule has 7 saturated heterocycles. The largest absolute Gasteiger partial charge is 0.461 e. The lowest BCUT2D eigenvalue weighted by atomic mass is 9.72. The Morgan fingerprint density at radius 3 is 2.50 bits per heavy atom. The highest BCUT2D eigenvalue weighted by Crippen LogP contribution is 2.46. The van der Waals surface area contributed by atoms with Crippen molar-refractivity contribution < 1.29 is 32.6 Å². The fraction of sp³-hybridized carbons (Fsp3) is 0.473. The molecule has 5 atom stereocenters. The van der Waals surface area contributed by atoms with E-state index in [-0.39, 0.29) is 95.6 Å². The van der Waals surface area contributed by atoms with Gasteiger partial charge < -0.3 is 29.5 Å². The number of anilines is 2. The lowest BCUT2D eigenvalue weighted by Crippen LogP contribution is -2.62. The van der Waals surface area contributed by atoms with Gasteiger partial charge in [-0.1, -0.05) is 36.3 Å². The number of aromatic nitrogens is 5. The zero-order valence-corrected chi connectivity index (χ0v) is 41.2. The number of hydrogen-bond donors (Lipinski definition) is 2. The molecule has 7 fully saturated rings. The number of amides is 3. The number of hydrogen-bond acceptors (Lipinski definition) is 13. The Labute approximate surface area is 425 Å². The first-order valence-electron chi connectivity index (χ1n) is 26.1. The minimum Gasteiger partial charge on any atom is -0.461 e. The van der Waals surface area contributed by atoms with Crippen molar-refractivity contribution in [3.8, 4) is 29.6 Å². The molecule has 3 aromatic carbocycles. The molecule has 0 aliphatic carbocycles. The van der Waals surface area contributed by atoms with E-state index in [1.807, 2.05) is 24.3 Å². The summed E-state index contributed by atoms with van der Waals surface area (Å²) >= 11 is 0. The Morgan fingerprint density at radius 2 is 1.72 bits per heavy atom. The van der Waals surface area contributed by atoms with Crippen molar-refractivity contribution >= 4 is 62.1 Å². The van der Waals surface area contributed by atoms with E-state index in [2.05, 4.69) is 36.2 Å². The van der Waals surface area contributed by atoms with Gasteiger partial charge in [0, 0.05) is 93.4 Å². The number of rotatable bonds is 9.